The van der Waals surface area contributed by atoms with Gasteiger partial charge < -0.3 is 10.2 Å². The van der Waals surface area contributed by atoms with Gasteiger partial charge in [0.1, 0.15) is 5.82 Å². The van der Waals surface area contributed by atoms with Crippen molar-refractivity contribution in [2.24, 2.45) is 0 Å². The quantitative estimate of drug-likeness (QED) is 0.747. The number of pyridine rings is 1. The van der Waals surface area contributed by atoms with Crippen LogP contribution in [0.25, 0.3) is 10.8 Å². The van der Waals surface area contributed by atoms with Crippen LogP contribution in [0.1, 0.15) is 18.5 Å². The number of anilines is 3. The minimum atomic E-state index is 1.05. The zero-order valence-electron chi connectivity index (χ0n) is 13.4. The summed E-state index contributed by atoms with van der Waals surface area (Å²) in [5, 5.41) is 6.03. The minimum Gasteiger partial charge on any atom is -0.356 e. The Morgan fingerprint density at radius 1 is 0.870 bits per heavy atom. The molecule has 0 radical (unpaired) electrons. The maximum atomic E-state index is 4.94. The fraction of sp³-hybridized carbons (Fsp3) is 0.250. The minimum absolute atomic E-state index is 1.05. The van der Waals surface area contributed by atoms with Gasteiger partial charge in [0.2, 0.25) is 0 Å². The van der Waals surface area contributed by atoms with Crippen molar-refractivity contribution >= 4 is 28.0 Å². The van der Waals surface area contributed by atoms with Gasteiger partial charge in [-0.2, -0.15) is 0 Å². The van der Waals surface area contributed by atoms with Crippen LogP contribution in [0, 0.1) is 6.92 Å². The van der Waals surface area contributed by atoms with Crippen molar-refractivity contribution < 1.29 is 0 Å². The molecular formula is C20H21N3. The van der Waals surface area contributed by atoms with E-state index < -0.39 is 0 Å². The number of benzene rings is 2. The van der Waals surface area contributed by atoms with Crippen LogP contribution in [0.3, 0.4) is 0 Å². The molecule has 0 amide bonds. The number of para-hydroxylation sites is 1. The van der Waals surface area contributed by atoms with E-state index >= 15 is 0 Å². The second-order valence-electron chi connectivity index (χ2n) is 6.13. The summed E-state index contributed by atoms with van der Waals surface area (Å²) in [5.41, 5.74) is 3.25. The fourth-order valence-corrected chi connectivity index (χ4v) is 3.36. The van der Waals surface area contributed by atoms with E-state index in [-0.39, 0.29) is 0 Å². The highest BCUT2D eigenvalue weighted by Crippen LogP contribution is 2.35. The highest BCUT2D eigenvalue weighted by molar-refractivity contribution is 6.02. The Morgan fingerprint density at radius 3 is 2.26 bits per heavy atom. The molecule has 3 heteroatoms. The summed E-state index contributed by atoms with van der Waals surface area (Å²) in [6.07, 6.45) is 2.53. The van der Waals surface area contributed by atoms with Gasteiger partial charge in [0.05, 0.1) is 11.4 Å². The van der Waals surface area contributed by atoms with Crippen LogP contribution in [-0.2, 0) is 0 Å². The molecule has 2 heterocycles. The van der Waals surface area contributed by atoms with Crippen molar-refractivity contribution in [3.05, 3.63) is 60.3 Å². The summed E-state index contributed by atoms with van der Waals surface area (Å²) in [4.78, 5) is 7.36. The largest absolute Gasteiger partial charge is 0.356 e. The van der Waals surface area contributed by atoms with E-state index in [1.54, 1.807) is 0 Å². The Morgan fingerprint density at radius 2 is 1.52 bits per heavy atom. The maximum absolute atomic E-state index is 4.94. The molecule has 1 aliphatic rings. The summed E-state index contributed by atoms with van der Waals surface area (Å²) < 4.78 is 0. The lowest BCUT2D eigenvalue weighted by molar-refractivity contribution is 0.939. The number of hydrogen-bond donors (Lipinski definition) is 1. The van der Waals surface area contributed by atoms with E-state index in [0.29, 0.717) is 0 Å². The van der Waals surface area contributed by atoms with Crippen molar-refractivity contribution in [1.29, 1.82) is 0 Å². The molecule has 0 bridgehead atoms. The van der Waals surface area contributed by atoms with Crippen molar-refractivity contribution in [2.45, 2.75) is 19.8 Å². The van der Waals surface area contributed by atoms with Crippen molar-refractivity contribution in [3.63, 3.8) is 0 Å². The van der Waals surface area contributed by atoms with E-state index in [1.807, 2.05) is 18.2 Å². The predicted octanol–water partition coefficient (Wildman–Crippen LogP) is 4.89. The predicted molar refractivity (Wildman–Crippen MR) is 97.7 cm³/mol. The summed E-state index contributed by atoms with van der Waals surface area (Å²) >= 11 is 0. The van der Waals surface area contributed by atoms with Crippen molar-refractivity contribution in [2.75, 3.05) is 23.3 Å². The number of aryl methyl sites for hydroxylation is 1. The smallest absolute Gasteiger partial charge is 0.136 e. The molecule has 2 aromatic carbocycles. The van der Waals surface area contributed by atoms with Gasteiger partial charge in [-0.1, -0.05) is 42.5 Å². The molecule has 3 nitrogen and oxygen atoms in total. The monoisotopic (exact) mass is 303 g/mol. The molecule has 0 spiro atoms. The van der Waals surface area contributed by atoms with Crippen LogP contribution in [0.15, 0.2) is 54.6 Å². The van der Waals surface area contributed by atoms with Gasteiger partial charge in [-0.3, -0.25) is 0 Å². The molecule has 4 rings (SSSR count). The second-order valence-corrected chi connectivity index (χ2v) is 6.13. The molecular weight excluding hydrogens is 282 g/mol. The number of hydrogen-bond acceptors (Lipinski definition) is 3. The molecule has 116 valence electrons. The van der Waals surface area contributed by atoms with Crippen LogP contribution in [-0.4, -0.2) is 18.1 Å². The van der Waals surface area contributed by atoms with Gasteiger partial charge in [-0.05, 0) is 31.9 Å². The van der Waals surface area contributed by atoms with Crippen LogP contribution in [0.4, 0.5) is 17.2 Å². The van der Waals surface area contributed by atoms with E-state index in [9.17, 15) is 0 Å². The first-order valence-corrected chi connectivity index (χ1v) is 8.29. The summed E-state index contributed by atoms with van der Waals surface area (Å²) in [6, 6.07) is 18.9. The lowest BCUT2D eigenvalue weighted by Crippen LogP contribution is -2.20. The number of nitrogens with zero attached hydrogens (tertiary/aromatic N) is 2. The summed E-state index contributed by atoms with van der Waals surface area (Å²) in [5.74, 6) is 1.13. The Kier molecular flexibility index (Phi) is 3.62. The van der Waals surface area contributed by atoms with Crippen LogP contribution in [0.5, 0.6) is 0 Å². The van der Waals surface area contributed by atoms with Crippen LogP contribution >= 0.6 is 0 Å². The van der Waals surface area contributed by atoms with E-state index in [0.717, 1.165) is 36.0 Å². The van der Waals surface area contributed by atoms with Gasteiger partial charge in [0.15, 0.2) is 0 Å². The Hall–Kier alpha value is -2.55. The highest BCUT2D eigenvalue weighted by atomic mass is 15.2. The molecule has 1 fully saturated rings. The number of rotatable bonds is 3. The molecule has 0 atom stereocenters. The van der Waals surface area contributed by atoms with Gasteiger partial charge >= 0.3 is 0 Å². The zero-order chi connectivity index (χ0) is 15.6. The van der Waals surface area contributed by atoms with Gasteiger partial charge in [-0.25, -0.2) is 4.98 Å². The SMILES string of the molecule is Cc1nc(N2CCCC2)c2ccccc2c1Nc1ccccc1. The number of nitrogens with one attached hydrogen (secondary N) is 1. The molecule has 0 aliphatic carbocycles. The fourth-order valence-electron chi connectivity index (χ4n) is 3.36. The lowest BCUT2D eigenvalue weighted by Gasteiger charge is -2.22. The number of aromatic nitrogens is 1. The van der Waals surface area contributed by atoms with Gasteiger partial charge in [0, 0.05) is 29.5 Å². The van der Waals surface area contributed by atoms with E-state index in [1.165, 1.54) is 23.6 Å². The average molecular weight is 303 g/mol. The zero-order valence-corrected chi connectivity index (χ0v) is 13.4. The molecule has 1 aromatic heterocycles. The summed E-state index contributed by atoms with van der Waals surface area (Å²) in [6.45, 7) is 4.32. The Labute approximate surface area is 137 Å². The molecule has 1 aliphatic heterocycles. The third kappa shape index (κ3) is 2.63. The Balaban J connectivity index is 1.85. The first-order valence-electron chi connectivity index (χ1n) is 8.29. The second kappa shape index (κ2) is 5.92. The lowest BCUT2D eigenvalue weighted by atomic mass is 10.1. The van der Waals surface area contributed by atoms with Crippen LogP contribution in [0.2, 0.25) is 0 Å². The van der Waals surface area contributed by atoms with Gasteiger partial charge in [-0.15, -0.1) is 0 Å². The number of fused-ring (bicyclic) bond motifs is 1. The first kappa shape index (κ1) is 14.1. The molecule has 1 saturated heterocycles. The first-order chi connectivity index (χ1) is 11.3. The van der Waals surface area contributed by atoms with Crippen molar-refractivity contribution in [3.8, 4) is 0 Å². The van der Waals surface area contributed by atoms with Gasteiger partial charge in [0.25, 0.3) is 0 Å². The topological polar surface area (TPSA) is 28.2 Å². The van der Waals surface area contributed by atoms with Crippen molar-refractivity contribution in [1.82, 2.24) is 4.98 Å². The Bertz CT molecular complexity index is 821. The third-order valence-electron chi connectivity index (χ3n) is 4.52. The maximum Gasteiger partial charge on any atom is 0.136 e. The molecule has 0 unspecified atom stereocenters. The average Bonchev–Trinajstić information content (AvgIpc) is 3.12. The molecule has 1 N–H and O–H groups in total. The highest BCUT2D eigenvalue weighted by Gasteiger charge is 2.19. The molecule has 23 heavy (non-hydrogen) atoms. The normalized spacial score (nSPS) is 14.4. The van der Waals surface area contributed by atoms with E-state index in [2.05, 4.69) is 53.5 Å². The summed E-state index contributed by atoms with van der Waals surface area (Å²) in [7, 11) is 0. The third-order valence-corrected chi connectivity index (χ3v) is 4.52. The van der Waals surface area contributed by atoms with E-state index in [4.69, 9.17) is 4.98 Å². The molecule has 0 saturated carbocycles. The standard InChI is InChI=1S/C20H21N3/c1-15-19(22-16-9-3-2-4-10-16)17-11-5-6-12-18(17)20(21-15)23-13-7-8-14-23/h2-6,9-12,22H,7-8,13-14H2,1H3. The molecule has 3 aromatic rings. The van der Waals surface area contributed by atoms with Crippen LogP contribution < -0.4 is 10.2 Å².